The van der Waals surface area contributed by atoms with E-state index in [0.717, 1.165) is 32.4 Å². The molecule has 0 bridgehead atoms. The number of pyridine rings is 1. The molecule has 0 aliphatic rings. The number of rotatable bonds is 6. The Hall–Kier alpha value is -2.70. The summed E-state index contributed by atoms with van der Waals surface area (Å²) in [6.07, 6.45) is 1.77. The van der Waals surface area contributed by atoms with Gasteiger partial charge in [0.15, 0.2) is 0 Å². The molecule has 1 amide bonds. The number of anilines is 1. The Balaban J connectivity index is 1.39. The summed E-state index contributed by atoms with van der Waals surface area (Å²) in [6, 6.07) is 21.8. The lowest BCUT2D eigenvalue weighted by molar-refractivity contribution is -0.113. The number of carbonyl (C=O) groups excluding carboxylic acids is 1. The Morgan fingerprint density at radius 2 is 1.93 bits per heavy atom. The standard InChI is InChI=1S/C21H17N3OS2/c25-19(14-26-13-15-6-2-1-3-7-15)23-17-9-4-8-16(12-17)20-24-18-10-5-11-22-21(18)27-20/h1-12H,13-14H2,(H,23,25). The van der Waals surface area contributed by atoms with Crippen molar-refractivity contribution >= 4 is 45.0 Å². The minimum Gasteiger partial charge on any atom is -0.325 e. The van der Waals surface area contributed by atoms with Crippen LogP contribution in [0.1, 0.15) is 5.56 Å². The van der Waals surface area contributed by atoms with E-state index < -0.39 is 0 Å². The molecule has 0 atom stereocenters. The van der Waals surface area contributed by atoms with Crippen LogP contribution in [0.25, 0.3) is 20.9 Å². The van der Waals surface area contributed by atoms with Crippen molar-refractivity contribution in [1.29, 1.82) is 0 Å². The highest BCUT2D eigenvalue weighted by Crippen LogP contribution is 2.30. The molecule has 0 aliphatic heterocycles. The first kappa shape index (κ1) is 17.7. The molecule has 4 aromatic rings. The predicted octanol–water partition coefficient (Wildman–Crippen LogP) is 5.23. The third-order valence-electron chi connectivity index (χ3n) is 3.90. The minimum atomic E-state index is -0.000882. The van der Waals surface area contributed by atoms with Crippen LogP contribution in [-0.2, 0) is 10.5 Å². The fourth-order valence-electron chi connectivity index (χ4n) is 2.66. The molecule has 4 rings (SSSR count). The summed E-state index contributed by atoms with van der Waals surface area (Å²) in [7, 11) is 0. The lowest BCUT2D eigenvalue weighted by Crippen LogP contribution is -2.14. The molecule has 0 saturated heterocycles. The Morgan fingerprint density at radius 3 is 2.78 bits per heavy atom. The average molecular weight is 392 g/mol. The first-order valence-corrected chi connectivity index (χ1v) is 10.5. The number of fused-ring (bicyclic) bond motifs is 1. The lowest BCUT2D eigenvalue weighted by atomic mass is 10.2. The predicted molar refractivity (Wildman–Crippen MR) is 114 cm³/mol. The second-order valence-electron chi connectivity index (χ2n) is 5.95. The molecule has 1 N–H and O–H groups in total. The fraction of sp³-hybridized carbons (Fsp3) is 0.0952. The van der Waals surface area contributed by atoms with Gasteiger partial charge in [-0.15, -0.1) is 11.8 Å². The topological polar surface area (TPSA) is 54.9 Å². The Bertz CT molecular complexity index is 1030. The number of amides is 1. The van der Waals surface area contributed by atoms with Gasteiger partial charge in [0, 0.05) is 23.2 Å². The maximum Gasteiger partial charge on any atom is 0.234 e. The van der Waals surface area contributed by atoms with E-state index in [-0.39, 0.29) is 5.91 Å². The maximum atomic E-state index is 12.2. The smallest absolute Gasteiger partial charge is 0.234 e. The van der Waals surface area contributed by atoms with Crippen LogP contribution in [0.4, 0.5) is 5.69 Å². The average Bonchev–Trinajstić information content (AvgIpc) is 3.13. The number of thiazole rings is 1. The zero-order valence-electron chi connectivity index (χ0n) is 14.5. The van der Waals surface area contributed by atoms with Gasteiger partial charge in [-0.2, -0.15) is 0 Å². The van der Waals surface area contributed by atoms with Crippen LogP contribution in [0.15, 0.2) is 72.9 Å². The number of aromatic nitrogens is 2. The molecule has 6 heteroatoms. The summed E-state index contributed by atoms with van der Waals surface area (Å²) in [5.74, 6) is 1.25. The molecular weight excluding hydrogens is 374 g/mol. The molecule has 0 aliphatic carbocycles. The highest BCUT2D eigenvalue weighted by molar-refractivity contribution is 7.99. The largest absolute Gasteiger partial charge is 0.325 e. The zero-order chi connectivity index (χ0) is 18.5. The molecule has 134 valence electrons. The van der Waals surface area contributed by atoms with Gasteiger partial charge >= 0.3 is 0 Å². The van der Waals surface area contributed by atoms with Gasteiger partial charge in [0.25, 0.3) is 0 Å². The van der Waals surface area contributed by atoms with Crippen molar-refractivity contribution in [1.82, 2.24) is 9.97 Å². The van der Waals surface area contributed by atoms with Crippen LogP contribution in [0, 0.1) is 0 Å². The summed E-state index contributed by atoms with van der Waals surface area (Å²) in [4.78, 5) is 22.1. The molecule has 0 radical (unpaired) electrons. The SMILES string of the molecule is O=C(CSCc1ccccc1)Nc1cccc(-c2nc3cccnc3s2)c1. The second-order valence-corrected chi connectivity index (χ2v) is 7.92. The zero-order valence-corrected chi connectivity index (χ0v) is 16.1. The van der Waals surface area contributed by atoms with Gasteiger partial charge in [-0.05, 0) is 29.8 Å². The molecule has 0 unspecified atom stereocenters. The molecule has 2 aromatic heterocycles. The number of hydrogen-bond acceptors (Lipinski definition) is 5. The molecule has 0 fully saturated rings. The van der Waals surface area contributed by atoms with Gasteiger partial charge in [0.1, 0.15) is 15.4 Å². The van der Waals surface area contributed by atoms with Gasteiger partial charge in [-0.1, -0.05) is 53.8 Å². The third-order valence-corrected chi connectivity index (χ3v) is 5.94. The monoisotopic (exact) mass is 391 g/mol. The Labute approximate surface area is 165 Å². The van der Waals surface area contributed by atoms with Gasteiger partial charge in [0.2, 0.25) is 5.91 Å². The third kappa shape index (κ3) is 4.53. The van der Waals surface area contributed by atoms with Gasteiger partial charge in [-0.3, -0.25) is 4.79 Å². The van der Waals surface area contributed by atoms with E-state index >= 15 is 0 Å². The van der Waals surface area contributed by atoms with E-state index in [1.807, 2.05) is 54.6 Å². The minimum absolute atomic E-state index is 0.000882. The van der Waals surface area contributed by atoms with E-state index in [1.54, 1.807) is 29.3 Å². The van der Waals surface area contributed by atoms with E-state index in [9.17, 15) is 4.79 Å². The van der Waals surface area contributed by atoms with E-state index in [2.05, 4.69) is 27.4 Å². The van der Waals surface area contributed by atoms with Crippen molar-refractivity contribution in [2.24, 2.45) is 0 Å². The number of thioether (sulfide) groups is 1. The van der Waals surface area contributed by atoms with Crippen molar-refractivity contribution in [3.8, 4) is 10.6 Å². The number of benzene rings is 2. The first-order valence-electron chi connectivity index (χ1n) is 8.51. The van der Waals surface area contributed by atoms with E-state index in [0.29, 0.717) is 5.75 Å². The van der Waals surface area contributed by atoms with Gasteiger partial charge in [-0.25, -0.2) is 9.97 Å². The summed E-state index contributed by atoms with van der Waals surface area (Å²) >= 11 is 3.16. The van der Waals surface area contributed by atoms with Crippen molar-refractivity contribution in [2.75, 3.05) is 11.1 Å². The number of carbonyl (C=O) groups is 1. The summed E-state index contributed by atoms with van der Waals surface area (Å²) < 4.78 is 0. The summed E-state index contributed by atoms with van der Waals surface area (Å²) in [5, 5.41) is 3.87. The molecular formula is C21H17N3OS2. The highest BCUT2D eigenvalue weighted by Gasteiger charge is 2.09. The Kier molecular flexibility index (Phi) is 5.46. The fourth-order valence-corrected chi connectivity index (χ4v) is 4.35. The van der Waals surface area contributed by atoms with Crippen LogP contribution < -0.4 is 5.32 Å². The van der Waals surface area contributed by atoms with Crippen LogP contribution in [0.5, 0.6) is 0 Å². The number of nitrogens with one attached hydrogen (secondary N) is 1. The second kappa shape index (κ2) is 8.33. The highest BCUT2D eigenvalue weighted by atomic mass is 32.2. The van der Waals surface area contributed by atoms with Gasteiger partial charge < -0.3 is 5.32 Å². The number of nitrogens with zero attached hydrogens (tertiary/aromatic N) is 2. The maximum absolute atomic E-state index is 12.2. The van der Waals surface area contributed by atoms with Crippen molar-refractivity contribution in [3.05, 3.63) is 78.5 Å². The van der Waals surface area contributed by atoms with E-state index in [1.165, 1.54) is 5.56 Å². The molecule has 0 saturated carbocycles. The van der Waals surface area contributed by atoms with E-state index in [4.69, 9.17) is 0 Å². The van der Waals surface area contributed by atoms with Crippen molar-refractivity contribution in [3.63, 3.8) is 0 Å². The molecule has 2 heterocycles. The summed E-state index contributed by atoms with van der Waals surface area (Å²) in [6.45, 7) is 0. The molecule has 0 spiro atoms. The lowest BCUT2D eigenvalue weighted by Gasteiger charge is -2.06. The summed E-state index contributed by atoms with van der Waals surface area (Å²) in [5.41, 5.74) is 3.88. The van der Waals surface area contributed by atoms with Crippen molar-refractivity contribution in [2.45, 2.75) is 5.75 Å². The van der Waals surface area contributed by atoms with Crippen LogP contribution >= 0.6 is 23.1 Å². The molecule has 27 heavy (non-hydrogen) atoms. The Morgan fingerprint density at radius 1 is 1.04 bits per heavy atom. The molecule has 4 nitrogen and oxygen atoms in total. The molecule has 2 aromatic carbocycles. The number of hydrogen-bond donors (Lipinski definition) is 1. The first-order chi connectivity index (χ1) is 13.3. The quantitative estimate of drug-likeness (QED) is 0.489. The van der Waals surface area contributed by atoms with Crippen molar-refractivity contribution < 1.29 is 4.79 Å². The van der Waals surface area contributed by atoms with Gasteiger partial charge in [0.05, 0.1) is 5.75 Å². The van der Waals surface area contributed by atoms with Crippen LogP contribution in [0.2, 0.25) is 0 Å². The van der Waals surface area contributed by atoms with Crippen LogP contribution in [-0.4, -0.2) is 21.6 Å². The van der Waals surface area contributed by atoms with Crippen LogP contribution in [0.3, 0.4) is 0 Å². The normalized spacial score (nSPS) is 10.8.